The van der Waals surface area contributed by atoms with E-state index in [1.807, 2.05) is 37.3 Å². The molecule has 96 valence electrons. The fraction of sp³-hybridized carbons (Fsp3) is 0.400. The lowest BCUT2D eigenvalue weighted by molar-refractivity contribution is -0.150. The molecule has 0 fully saturated rings. The van der Waals surface area contributed by atoms with E-state index in [1.54, 1.807) is 0 Å². The average Bonchev–Trinajstić information content (AvgIpc) is 2.41. The van der Waals surface area contributed by atoms with Crippen molar-refractivity contribution in [3.8, 4) is 0 Å². The van der Waals surface area contributed by atoms with E-state index in [1.165, 1.54) is 0 Å². The highest BCUT2D eigenvalue weighted by Gasteiger charge is 2.47. The van der Waals surface area contributed by atoms with Gasteiger partial charge in [-0.25, -0.2) is 0 Å². The van der Waals surface area contributed by atoms with Gasteiger partial charge in [0.05, 0.1) is 6.61 Å². The second-order valence-corrected chi connectivity index (χ2v) is 5.77. The number of carbonyl (C=O) groups is 1. The maximum Gasteiger partial charge on any atom is 0.317 e. The van der Waals surface area contributed by atoms with Crippen LogP contribution >= 0.6 is 22.6 Å². The first kappa shape index (κ1) is 13.6. The van der Waals surface area contributed by atoms with Gasteiger partial charge in [-0.2, -0.15) is 0 Å². The summed E-state index contributed by atoms with van der Waals surface area (Å²) in [5, 5.41) is 0. The quantitative estimate of drug-likeness (QED) is 0.358. The van der Waals surface area contributed by atoms with Crippen LogP contribution in [-0.2, 0) is 14.9 Å². The lowest BCUT2D eigenvalue weighted by atomic mass is 9.71. The molecule has 1 aromatic rings. The molecule has 0 N–H and O–H groups in total. The number of benzene rings is 1. The molecule has 0 saturated carbocycles. The number of allylic oxidation sites excluding steroid dienone is 2. The molecule has 3 heteroatoms. The number of carbonyl (C=O) groups excluding carboxylic acids is 1. The Hall–Kier alpha value is -0.840. The third kappa shape index (κ3) is 2.32. The zero-order valence-electron chi connectivity index (χ0n) is 10.4. The van der Waals surface area contributed by atoms with Crippen molar-refractivity contribution in [1.82, 2.24) is 0 Å². The molecule has 0 bridgehead atoms. The van der Waals surface area contributed by atoms with Crippen LogP contribution in [0.4, 0.5) is 0 Å². The topological polar surface area (TPSA) is 26.3 Å². The Kier molecular flexibility index (Phi) is 4.43. The van der Waals surface area contributed by atoms with Crippen molar-refractivity contribution < 1.29 is 9.53 Å². The molecule has 2 nitrogen and oxygen atoms in total. The third-order valence-corrected chi connectivity index (χ3v) is 4.89. The average molecular weight is 356 g/mol. The van der Waals surface area contributed by atoms with Gasteiger partial charge in [0, 0.05) is 3.92 Å². The van der Waals surface area contributed by atoms with E-state index >= 15 is 0 Å². The molecule has 0 spiro atoms. The summed E-state index contributed by atoms with van der Waals surface area (Å²) in [5.74, 6) is -0.0973. The minimum atomic E-state index is -0.521. The Labute approximate surface area is 122 Å². The van der Waals surface area contributed by atoms with Gasteiger partial charge in [0.15, 0.2) is 0 Å². The summed E-state index contributed by atoms with van der Waals surface area (Å²) in [6, 6.07) is 10.0. The lowest BCUT2D eigenvalue weighted by Gasteiger charge is -2.37. The molecule has 0 heterocycles. The standard InChI is InChI=1S/C15H17IO2/c1-2-18-14(17)15(11-7-6-10-13(15)16)12-8-4-3-5-9-12/h3-6,8-10,13H,2,7,11H2,1H3. The van der Waals surface area contributed by atoms with Crippen LogP contribution in [0.25, 0.3) is 0 Å². The summed E-state index contributed by atoms with van der Waals surface area (Å²) in [4.78, 5) is 12.5. The maximum atomic E-state index is 12.5. The predicted octanol–water partition coefficient (Wildman–Crippen LogP) is 3.64. The minimum absolute atomic E-state index is 0.0973. The predicted molar refractivity (Wildman–Crippen MR) is 80.9 cm³/mol. The van der Waals surface area contributed by atoms with Gasteiger partial charge in [0.2, 0.25) is 0 Å². The summed E-state index contributed by atoms with van der Waals surface area (Å²) < 4.78 is 5.48. The monoisotopic (exact) mass is 356 g/mol. The molecule has 1 aliphatic rings. The first-order valence-corrected chi connectivity index (χ1v) is 7.50. The summed E-state index contributed by atoms with van der Waals surface area (Å²) in [6.07, 6.45) is 6.01. The molecule has 0 saturated heterocycles. The largest absolute Gasteiger partial charge is 0.465 e. The molecule has 0 aliphatic heterocycles. The second kappa shape index (κ2) is 5.87. The Morgan fingerprint density at radius 3 is 2.78 bits per heavy atom. The first-order chi connectivity index (χ1) is 8.71. The zero-order chi connectivity index (χ0) is 13.0. The summed E-state index contributed by atoms with van der Waals surface area (Å²) in [5.41, 5.74) is 0.541. The van der Waals surface area contributed by atoms with Crippen molar-refractivity contribution >= 4 is 28.6 Å². The van der Waals surface area contributed by atoms with Crippen LogP contribution in [-0.4, -0.2) is 16.5 Å². The van der Waals surface area contributed by atoms with E-state index < -0.39 is 5.41 Å². The highest BCUT2D eigenvalue weighted by molar-refractivity contribution is 14.1. The maximum absolute atomic E-state index is 12.5. The normalized spacial score (nSPS) is 26.9. The highest BCUT2D eigenvalue weighted by Crippen LogP contribution is 2.42. The Morgan fingerprint density at radius 2 is 2.17 bits per heavy atom. The van der Waals surface area contributed by atoms with Crippen molar-refractivity contribution in [2.24, 2.45) is 0 Å². The molecule has 1 aromatic carbocycles. The van der Waals surface area contributed by atoms with Crippen LogP contribution in [0.2, 0.25) is 0 Å². The van der Waals surface area contributed by atoms with Crippen LogP contribution in [0, 0.1) is 0 Å². The number of ether oxygens (including phenoxy) is 1. The Morgan fingerprint density at radius 1 is 1.44 bits per heavy atom. The highest BCUT2D eigenvalue weighted by atomic mass is 127. The fourth-order valence-electron chi connectivity index (χ4n) is 2.46. The van der Waals surface area contributed by atoms with E-state index in [4.69, 9.17) is 4.74 Å². The molecular formula is C15H17IO2. The van der Waals surface area contributed by atoms with Gasteiger partial charge in [-0.05, 0) is 25.3 Å². The minimum Gasteiger partial charge on any atom is -0.465 e. The van der Waals surface area contributed by atoms with Crippen molar-refractivity contribution in [3.05, 3.63) is 48.0 Å². The van der Waals surface area contributed by atoms with E-state index in [0.29, 0.717) is 6.61 Å². The van der Waals surface area contributed by atoms with Crippen LogP contribution < -0.4 is 0 Å². The fourth-order valence-corrected chi connectivity index (χ4v) is 3.68. The van der Waals surface area contributed by atoms with Gasteiger partial charge in [-0.3, -0.25) is 4.79 Å². The molecule has 1 aliphatic carbocycles. The molecule has 2 rings (SSSR count). The van der Waals surface area contributed by atoms with Crippen molar-refractivity contribution in [3.63, 3.8) is 0 Å². The molecule has 0 aromatic heterocycles. The van der Waals surface area contributed by atoms with Gasteiger partial charge >= 0.3 is 5.97 Å². The van der Waals surface area contributed by atoms with Crippen molar-refractivity contribution in [2.45, 2.75) is 29.1 Å². The third-order valence-electron chi connectivity index (χ3n) is 3.41. The lowest BCUT2D eigenvalue weighted by Crippen LogP contribution is -2.45. The van der Waals surface area contributed by atoms with Gasteiger partial charge in [-0.1, -0.05) is 65.1 Å². The molecule has 18 heavy (non-hydrogen) atoms. The number of rotatable bonds is 3. The summed E-state index contributed by atoms with van der Waals surface area (Å²) in [6.45, 7) is 2.29. The van der Waals surface area contributed by atoms with Crippen molar-refractivity contribution in [2.75, 3.05) is 6.61 Å². The second-order valence-electron chi connectivity index (χ2n) is 4.43. The number of alkyl halides is 1. The van der Waals surface area contributed by atoms with Crippen LogP contribution in [0.1, 0.15) is 25.3 Å². The molecule has 2 unspecified atom stereocenters. The van der Waals surface area contributed by atoms with Crippen molar-refractivity contribution in [1.29, 1.82) is 0 Å². The smallest absolute Gasteiger partial charge is 0.317 e. The van der Waals surface area contributed by atoms with E-state index in [9.17, 15) is 4.79 Å². The van der Waals surface area contributed by atoms with Gasteiger partial charge in [0.1, 0.15) is 5.41 Å². The van der Waals surface area contributed by atoms with Crippen LogP contribution in [0.5, 0.6) is 0 Å². The molecular weight excluding hydrogens is 339 g/mol. The molecule has 0 radical (unpaired) electrons. The number of esters is 1. The first-order valence-electron chi connectivity index (χ1n) is 6.25. The molecule has 2 atom stereocenters. The van der Waals surface area contributed by atoms with E-state index in [2.05, 4.69) is 34.7 Å². The van der Waals surface area contributed by atoms with E-state index in [0.717, 1.165) is 18.4 Å². The van der Waals surface area contributed by atoms with Gasteiger partial charge < -0.3 is 4.74 Å². The van der Waals surface area contributed by atoms with Gasteiger partial charge in [-0.15, -0.1) is 0 Å². The van der Waals surface area contributed by atoms with E-state index in [-0.39, 0.29) is 9.89 Å². The number of halogens is 1. The summed E-state index contributed by atoms with van der Waals surface area (Å²) in [7, 11) is 0. The number of hydrogen-bond acceptors (Lipinski definition) is 2. The van der Waals surface area contributed by atoms with Gasteiger partial charge in [0.25, 0.3) is 0 Å². The number of hydrogen-bond donors (Lipinski definition) is 0. The van der Waals surface area contributed by atoms with Crippen LogP contribution in [0.3, 0.4) is 0 Å². The molecule has 0 amide bonds. The van der Waals surface area contributed by atoms with Crippen LogP contribution in [0.15, 0.2) is 42.5 Å². The SMILES string of the molecule is CCOC(=O)C1(c2ccccc2)CCC=CC1I. The Bertz CT molecular complexity index is 441. The zero-order valence-corrected chi connectivity index (χ0v) is 12.6. The summed E-state index contributed by atoms with van der Waals surface area (Å²) >= 11 is 2.34. The Balaban J connectivity index is 2.46.